The van der Waals surface area contributed by atoms with Crippen LogP contribution in [0.1, 0.15) is 11.5 Å². The fourth-order valence-electron chi connectivity index (χ4n) is 2.43. The SMILES string of the molecule is Cc1noc(C)c1S(=O)(=O)Nc1cccc(-c2nccn2C)c1. The molecule has 0 saturated heterocycles. The molecule has 3 rings (SSSR count). The number of nitrogens with one attached hydrogen (secondary N) is 1. The molecule has 2 heterocycles. The van der Waals surface area contributed by atoms with Crippen molar-refractivity contribution in [2.24, 2.45) is 7.05 Å². The maximum absolute atomic E-state index is 12.5. The van der Waals surface area contributed by atoms with Crippen molar-refractivity contribution in [3.63, 3.8) is 0 Å². The Bertz CT molecular complexity index is 937. The van der Waals surface area contributed by atoms with Crippen LogP contribution in [0.4, 0.5) is 5.69 Å². The summed E-state index contributed by atoms with van der Waals surface area (Å²) in [6.07, 6.45) is 3.52. The molecule has 0 saturated carbocycles. The molecule has 0 atom stereocenters. The van der Waals surface area contributed by atoms with Crippen LogP contribution in [0.5, 0.6) is 0 Å². The Morgan fingerprint density at radius 3 is 2.65 bits per heavy atom. The van der Waals surface area contributed by atoms with Crippen LogP contribution >= 0.6 is 0 Å². The molecule has 0 fully saturated rings. The maximum Gasteiger partial charge on any atom is 0.267 e. The summed E-state index contributed by atoms with van der Waals surface area (Å²) in [6, 6.07) is 7.06. The normalized spacial score (nSPS) is 11.6. The Morgan fingerprint density at radius 2 is 2.04 bits per heavy atom. The molecule has 1 aromatic carbocycles. The van der Waals surface area contributed by atoms with Crippen molar-refractivity contribution in [2.75, 3.05) is 4.72 Å². The molecule has 8 heteroatoms. The highest BCUT2D eigenvalue weighted by Crippen LogP contribution is 2.25. The molecule has 23 heavy (non-hydrogen) atoms. The topological polar surface area (TPSA) is 90.0 Å². The third kappa shape index (κ3) is 2.85. The van der Waals surface area contributed by atoms with Crippen LogP contribution in [-0.2, 0) is 17.1 Å². The van der Waals surface area contributed by atoms with Gasteiger partial charge in [0.25, 0.3) is 10.0 Å². The maximum atomic E-state index is 12.5. The lowest BCUT2D eigenvalue weighted by Crippen LogP contribution is -2.14. The average Bonchev–Trinajstić information content (AvgIpc) is 3.05. The summed E-state index contributed by atoms with van der Waals surface area (Å²) in [5, 5.41) is 3.69. The van der Waals surface area contributed by atoms with Crippen molar-refractivity contribution in [1.29, 1.82) is 0 Å². The second-order valence-corrected chi connectivity index (χ2v) is 6.82. The van der Waals surface area contributed by atoms with Crippen LogP contribution in [0.15, 0.2) is 46.1 Å². The Hall–Kier alpha value is -2.61. The quantitative estimate of drug-likeness (QED) is 0.793. The first-order valence-electron chi connectivity index (χ1n) is 6.92. The highest BCUT2D eigenvalue weighted by atomic mass is 32.2. The molecule has 0 amide bonds. The second kappa shape index (κ2) is 5.54. The average molecular weight is 332 g/mol. The summed E-state index contributed by atoms with van der Waals surface area (Å²) in [5.41, 5.74) is 1.59. The molecule has 0 aliphatic carbocycles. The molecule has 120 valence electrons. The molecular formula is C15H16N4O3S. The highest BCUT2D eigenvalue weighted by Gasteiger charge is 2.24. The van der Waals surface area contributed by atoms with Gasteiger partial charge in [0.1, 0.15) is 11.5 Å². The number of rotatable bonds is 4. The van der Waals surface area contributed by atoms with Gasteiger partial charge >= 0.3 is 0 Å². The standard InChI is InChI=1S/C15H16N4O3S/c1-10-14(11(2)22-17-10)23(20,21)18-13-6-4-5-12(9-13)15-16-7-8-19(15)3/h4-9,18H,1-3H3. The molecule has 0 spiro atoms. The zero-order valence-electron chi connectivity index (χ0n) is 12.9. The fourth-order valence-corrected chi connectivity index (χ4v) is 3.81. The van der Waals surface area contributed by atoms with Crippen molar-refractivity contribution < 1.29 is 12.9 Å². The molecule has 0 radical (unpaired) electrons. The van der Waals surface area contributed by atoms with Crippen molar-refractivity contribution >= 4 is 15.7 Å². The third-order valence-electron chi connectivity index (χ3n) is 3.43. The van der Waals surface area contributed by atoms with E-state index in [1.807, 2.05) is 23.9 Å². The van der Waals surface area contributed by atoms with E-state index >= 15 is 0 Å². The fraction of sp³-hybridized carbons (Fsp3) is 0.200. The van der Waals surface area contributed by atoms with Gasteiger partial charge in [0.2, 0.25) is 0 Å². The Kier molecular flexibility index (Phi) is 3.69. The molecular weight excluding hydrogens is 316 g/mol. The van der Waals surface area contributed by atoms with Gasteiger partial charge < -0.3 is 9.09 Å². The van der Waals surface area contributed by atoms with Crippen LogP contribution < -0.4 is 4.72 Å². The Balaban J connectivity index is 1.97. The van der Waals surface area contributed by atoms with E-state index in [0.29, 0.717) is 11.4 Å². The van der Waals surface area contributed by atoms with Crippen LogP contribution in [-0.4, -0.2) is 23.1 Å². The lowest BCUT2D eigenvalue weighted by molar-refractivity contribution is 0.390. The van der Waals surface area contributed by atoms with Crippen molar-refractivity contribution in [3.8, 4) is 11.4 Å². The molecule has 0 unspecified atom stereocenters. The zero-order chi connectivity index (χ0) is 16.6. The van der Waals surface area contributed by atoms with E-state index in [-0.39, 0.29) is 10.7 Å². The molecule has 0 bridgehead atoms. The van der Waals surface area contributed by atoms with Gasteiger partial charge in [-0.25, -0.2) is 13.4 Å². The van der Waals surface area contributed by atoms with Gasteiger partial charge in [-0.05, 0) is 26.0 Å². The monoisotopic (exact) mass is 332 g/mol. The number of imidazole rings is 1. The van der Waals surface area contributed by atoms with Gasteiger partial charge in [-0.15, -0.1) is 0 Å². The highest BCUT2D eigenvalue weighted by molar-refractivity contribution is 7.92. The van der Waals surface area contributed by atoms with Gasteiger partial charge in [-0.3, -0.25) is 4.72 Å². The third-order valence-corrected chi connectivity index (χ3v) is 5.06. The molecule has 3 aromatic rings. The van der Waals surface area contributed by atoms with Gasteiger partial charge in [-0.2, -0.15) is 0 Å². The van der Waals surface area contributed by atoms with Gasteiger partial charge in [0.05, 0.1) is 0 Å². The minimum absolute atomic E-state index is 0.0693. The Morgan fingerprint density at radius 1 is 1.26 bits per heavy atom. The van der Waals surface area contributed by atoms with Crippen molar-refractivity contribution in [3.05, 3.63) is 48.1 Å². The number of hydrogen-bond acceptors (Lipinski definition) is 5. The van der Waals surface area contributed by atoms with E-state index in [1.165, 1.54) is 0 Å². The van der Waals surface area contributed by atoms with Crippen LogP contribution in [0.25, 0.3) is 11.4 Å². The summed E-state index contributed by atoms with van der Waals surface area (Å²) >= 11 is 0. The predicted molar refractivity (Wildman–Crippen MR) is 85.4 cm³/mol. The van der Waals surface area contributed by atoms with Crippen LogP contribution in [0, 0.1) is 13.8 Å². The first kappa shape index (κ1) is 15.3. The minimum atomic E-state index is -3.76. The van der Waals surface area contributed by atoms with Crippen molar-refractivity contribution in [1.82, 2.24) is 14.7 Å². The number of nitrogens with zero attached hydrogens (tertiary/aromatic N) is 3. The number of benzene rings is 1. The number of aryl methyl sites for hydroxylation is 3. The summed E-state index contributed by atoms with van der Waals surface area (Å²) in [4.78, 5) is 4.33. The number of anilines is 1. The summed E-state index contributed by atoms with van der Waals surface area (Å²) in [5.74, 6) is 1.01. The van der Waals surface area contributed by atoms with Gasteiger partial charge in [-0.1, -0.05) is 17.3 Å². The number of sulfonamides is 1. The Labute approximate surface area is 134 Å². The van der Waals surface area contributed by atoms with Gasteiger partial charge in [0, 0.05) is 30.7 Å². The largest absolute Gasteiger partial charge is 0.360 e. The van der Waals surface area contributed by atoms with E-state index in [0.717, 1.165) is 11.4 Å². The van der Waals surface area contributed by atoms with E-state index in [1.54, 1.807) is 38.2 Å². The lowest BCUT2D eigenvalue weighted by atomic mass is 10.2. The van der Waals surface area contributed by atoms with Crippen LogP contribution in [0.2, 0.25) is 0 Å². The first-order chi connectivity index (χ1) is 10.9. The zero-order valence-corrected chi connectivity index (χ0v) is 13.8. The molecule has 0 aliphatic rings. The van der Waals surface area contributed by atoms with Crippen LogP contribution in [0.3, 0.4) is 0 Å². The molecule has 1 N–H and O–H groups in total. The van der Waals surface area contributed by atoms with Gasteiger partial charge in [0.15, 0.2) is 10.7 Å². The lowest BCUT2D eigenvalue weighted by Gasteiger charge is -2.09. The number of aromatic nitrogens is 3. The smallest absolute Gasteiger partial charge is 0.267 e. The minimum Gasteiger partial charge on any atom is -0.360 e. The van der Waals surface area contributed by atoms with Crippen molar-refractivity contribution in [2.45, 2.75) is 18.7 Å². The first-order valence-corrected chi connectivity index (χ1v) is 8.40. The predicted octanol–water partition coefficient (Wildman–Crippen LogP) is 2.49. The summed E-state index contributed by atoms with van der Waals surface area (Å²) in [6.45, 7) is 3.16. The number of hydrogen-bond donors (Lipinski definition) is 1. The van der Waals surface area contributed by atoms with E-state index < -0.39 is 10.0 Å². The molecule has 0 aliphatic heterocycles. The van der Waals surface area contributed by atoms with E-state index in [4.69, 9.17) is 4.52 Å². The van der Waals surface area contributed by atoms with E-state index in [9.17, 15) is 8.42 Å². The summed E-state index contributed by atoms with van der Waals surface area (Å²) in [7, 11) is -1.88. The molecule has 2 aromatic heterocycles. The second-order valence-electron chi connectivity index (χ2n) is 5.20. The van der Waals surface area contributed by atoms with E-state index in [2.05, 4.69) is 14.9 Å². The molecule has 7 nitrogen and oxygen atoms in total. The summed E-state index contributed by atoms with van der Waals surface area (Å²) < 4.78 is 34.4.